The molecule has 0 saturated heterocycles. The summed E-state index contributed by atoms with van der Waals surface area (Å²) in [5.74, 6) is -0.736. The van der Waals surface area contributed by atoms with E-state index >= 15 is 0 Å². The van der Waals surface area contributed by atoms with Crippen LogP contribution in [0.2, 0.25) is 0 Å². The summed E-state index contributed by atoms with van der Waals surface area (Å²) in [6.07, 6.45) is 1.75. The molecule has 1 aromatic rings. The number of Topliss-reactive ketones (excluding diaryl/α,β-unsaturated/α-hetero) is 1. The largest absolute Gasteiger partial charge is 0.362 e. The lowest BCUT2D eigenvalue weighted by Crippen LogP contribution is -2.42. The van der Waals surface area contributed by atoms with Crippen molar-refractivity contribution in [1.82, 2.24) is 0 Å². The minimum absolute atomic E-state index is 0.147. The van der Waals surface area contributed by atoms with Crippen LogP contribution < -0.4 is 4.90 Å². The molecule has 98 valence electrons. The van der Waals surface area contributed by atoms with E-state index in [1.807, 2.05) is 25.7 Å². The van der Waals surface area contributed by atoms with Gasteiger partial charge < -0.3 is 4.90 Å². The molecule has 0 spiro atoms. The van der Waals surface area contributed by atoms with Crippen LogP contribution in [0.25, 0.3) is 0 Å². The van der Waals surface area contributed by atoms with Crippen molar-refractivity contribution in [3.63, 3.8) is 0 Å². The van der Waals surface area contributed by atoms with Crippen molar-refractivity contribution in [3.05, 3.63) is 42.2 Å². The van der Waals surface area contributed by atoms with Crippen molar-refractivity contribution in [1.29, 1.82) is 0 Å². The van der Waals surface area contributed by atoms with Crippen LogP contribution in [-0.4, -0.2) is 17.9 Å². The van der Waals surface area contributed by atoms with Crippen LogP contribution in [0.15, 0.2) is 30.9 Å². The molecule has 2 nitrogen and oxygen atoms in total. The number of halogens is 1. The van der Waals surface area contributed by atoms with E-state index in [9.17, 15) is 9.18 Å². The molecule has 3 heteroatoms. The summed E-state index contributed by atoms with van der Waals surface area (Å²) in [5.41, 5.74) is 0.552. The highest BCUT2D eigenvalue weighted by Gasteiger charge is 2.25. The van der Waals surface area contributed by atoms with Gasteiger partial charge in [0.2, 0.25) is 0 Å². The zero-order valence-electron chi connectivity index (χ0n) is 11.5. The van der Waals surface area contributed by atoms with Gasteiger partial charge in [0.05, 0.1) is 11.3 Å². The van der Waals surface area contributed by atoms with E-state index in [-0.39, 0.29) is 16.9 Å². The van der Waals surface area contributed by atoms with Crippen LogP contribution in [0.4, 0.5) is 10.1 Å². The number of hydrogen-bond donors (Lipinski definition) is 0. The highest BCUT2D eigenvalue weighted by molar-refractivity contribution is 6.00. The van der Waals surface area contributed by atoms with Gasteiger partial charge in [-0.05, 0) is 39.8 Å². The molecular formula is C15H20FNO. The quantitative estimate of drug-likeness (QED) is 0.597. The molecule has 0 aliphatic rings. The van der Waals surface area contributed by atoms with Crippen LogP contribution in [0.1, 0.15) is 38.1 Å². The Balaban J connectivity index is 3.41. The third kappa shape index (κ3) is 2.97. The second kappa shape index (κ2) is 5.34. The number of benzene rings is 1. The molecular weight excluding hydrogens is 229 g/mol. The van der Waals surface area contributed by atoms with Gasteiger partial charge in [-0.2, -0.15) is 0 Å². The van der Waals surface area contributed by atoms with Crippen molar-refractivity contribution >= 4 is 11.5 Å². The molecule has 0 aliphatic heterocycles. The average Bonchev–Trinajstić information content (AvgIpc) is 2.23. The Labute approximate surface area is 108 Å². The maximum Gasteiger partial charge on any atom is 0.164 e. The zero-order valence-corrected chi connectivity index (χ0v) is 11.5. The molecule has 1 rings (SSSR count). The highest BCUT2D eigenvalue weighted by atomic mass is 19.1. The zero-order chi connectivity index (χ0) is 13.9. The summed E-state index contributed by atoms with van der Waals surface area (Å²) in [4.78, 5) is 13.6. The Morgan fingerprint density at radius 3 is 2.50 bits per heavy atom. The van der Waals surface area contributed by atoms with Crippen molar-refractivity contribution < 1.29 is 9.18 Å². The van der Waals surface area contributed by atoms with Gasteiger partial charge in [0.1, 0.15) is 5.82 Å². The number of ketones is 1. The standard InChI is InChI=1S/C15H20FNO/c1-6-10-17(15(3,4)5)13-9-7-8-12(16)14(13)11(2)18/h6-9H,1,10H2,2-5H3. The van der Waals surface area contributed by atoms with Gasteiger partial charge in [-0.3, -0.25) is 4.79 Å². The van der Waals surface area contributed by atoms with Gasteiger partial charge in [-0.25, -0.2) is 4.39 Å². The molecule has 0 aromatic heterocycles. The van der Waals surface area contributed by atoms with E-state index in [1.165, 1.54) is 13.0 Å². The highest BCUT2D eigenvalue weighted by Crippen LogP contribution is 2.29. The summed E-state index contributed by atoms with van der Waals surface area (Å²) in [6.45, 7) is 11.7. The maximum absolute atomic E-state index is 13.8. The van der Waals surface area contributed by atoms with E-state index < -0.39 is 5.82 Å². The molecule has 0 radical (unpaired) electrons. The number of nitrogens with zero attached hydrogens (tertiary/aromatic N) is 1. The molecule has 0 bridgehead atoms. The van der Waals surface area contributed by atoms with Gasteiger partial charge in [-0.1, -0.05) is 12.1 Å². The summed E-state index contributed by atoms with van der Waals surface area (Å²) in [6, 6.07) is 4.71. The Morgan fingerprint density at radius 2 is 2.06 bits per heavy atom. The first-order valence-corrected chi connectivity index (χ1v) is 5.97. The van der Waals surface area contributed by atoms with E-state index in [0.717, 1.165) is 0 Å². The first-order chi connectivity index (χ1) is 8.29. The maximum atomic E-state index is 13.8. The van der Waals surface area contributed by atoms with E-state index in [1.54, 1.807) is 18.2 Å². The number of carbonyl (C=O) groups is 1. The number of carbonyl (C=O) groups excluding carboxylic acids is 1. The molecule has 0 unspecified atom stereocenters. The van der Waals surface area contributed by atoms with Crippen LogP contribution >= 0.6 is 0 Å². The van der Waals surface area contributed by atoms with Crippen molar-refractivity contribution in [2.45, 2.75) is 33.2 Å². The SMILES string of the molecule is C=CCN(c1cccc(F)c1C(C)=O)C(C)(C)C. The van der Waals surface area contributed by atoms with E-state index in [4.69, 9.17) is 0 Å². The lowest BCUT2D eigenvalue weighted by atomic mass is 10.0. The topological polar surface area (TPSA) is 20.3 Å². The van der Waals surface area contributed by atoms with Crippen molar-refractivity contribution in [2.24, 2.45) is 0 Å². The Kier molecular flexibility index (Phi) is 4.28. The lowest BCUT2D eigenvalue weighted by Gasteiger charge is -2.38. The third-order valence-electron chi connectivity index (χ3n) is 2.76. The smallest absolute Gasteiger partial charge is 0.164 e. The molecule has 0 amide bonds. The fourth-order valence-corrected chi connectivity index (χ4v) is 1.95. The summed E-state index contributed by atoms with van der Waals surface area (Å²) in [5, 5.41) is 0. The molecule has 0 saturated carbocycles. The van der Waals surface area contributed by atoms with Gasteiger partial charge in [-0.15, -0.1) is 6.58 Å². The first kappa shape index (κ1) is 14.4. The second-order valence-corrected chi connectivity index (χ2v) is 5.26. The normalized spacial score (nSPS) is 11.2. The summed E-state index contributed by atoms with van der Waals surface area (Å²) in [7, 11) is 0. The Hall–Kier alpha value is -1.64. The van der Waals surface area contributed by atoms with Crippen molar-refractivity contribution in [3.8, 4) is 0 Å². The molecule has 0 aliphatic carbocycles. The predicted molar refractivity (Wildman–Crippen MR) is 73.7 cm³/mol. The average molecular weight is 249 g/mol. The fraction of sp³-hybridized carbons (Fsp3) is 0.400. The van der Waals surface area contributed by atoms with Gasteiger partial charge >= 0.3 is 0 Å². The van der Waals surface area contributed by atoms with Gasteiger partial charge in [0, 0.05) is 12.1 Å². The Morgan fingerprint density at radius 1 is 1.44 bits per heavy atom. The van der Waals surface area contributed by atoms with Crippen LogP contribution in [0, 0.1) is 5.82 Å². The predicted octanol–water partition coefficient (Wildman–Crippen LogP) is 3.82. The molecule has 0 atom stereocenters. The minimum atomic E-state index is -0.474. The molecule has 0 N–H and O–H groups in total. The second-order valence-electron chi connectivity index (χ2n) is 5.26. The molecule has 0 fully saturated rings. The van der Waals surface area contributed by atoms with Crippen LogP contribution in [-0.2, 0) is 0 Å². The van der Waals surface area contributed by atoms with E-state index in [0.29, 0.717) is 12.2 Å². The number of anilines is 1. The summed E-state index contributed by atoms with van der Waals surface area (Å²) >= 11 is 0. The first-order valence-electron chi connectivity index (χ1n) is 5.97. The van der Waals surface area contributed by atoms with Gasteiger partial charge in [0.25, 0.3) is 0 Å². The molecule has 1 aromatic carbocycles. The third-order valence-corrected chi connectivity index (χ3v) is 2.76. The minimum Gasteiger partial charge on any atom is -0.362 e. The summed E-state index contributed by atoms with van der Waals surface area (Å²) < 4.78 is 13.8. The van der Waals surface area contributed by atoms with Crippen molar-refractivity contribution in [2.75, 3.05) is 11.4 Å². The Bertz CT molecular complexity index is 460. The van der Waals surface area contributed by atoms with E-state index in [2.05, 4.69) is 6.58 Å². The lowest BCUT2D eigenvalue weighted by molar-refractivity contribution is 0.101. The van der Waals surface area contributed by atoms with Crippen LogP contribution in [0.5, 0.6) is 0 Å². The van der Waals surface area contributed by atoms with Gasteiger partial charge in [0.15, 0.2) is 5.78 Å². The molecule has 0 heterocycles. The fourth-order valence-electron chi connectivity index (χ4n) is 1.95. The number of hydrogen-bond acceptors (Lipinski definition) is 2. The monoisotopic (exact) mass is 249 g/mol. The molecule has 18 heavy (non-hydrogen) atoms. The number of rotatable bonds is 4. The van der Waals surface area contributed by atoms with Crippen LogP contribution in [0.3, 0.4) is 0 Å².